The fourth-order valence-electron chi connectivity index (χ4n) is 2.25. The molecule has 22 heavy (non-hydrogen) atoms. The second-order valence-corrected chi connectivity index (χ2v) is 4.83. The molecule has 2 N–H and O–H groups in total. The summed E-state index contributed by atoms with van der Waals surface area (Å²) in [6, 6.07) is 13.0. The number of aromatic nitrogens is 3. The van der Waals surface area contributed by atoms with Crippen LogP contribution in [0.5, 0.6) is 0 Å². The highest BCUT2D eigenvalue weighted by atomic mass is 16.1. The zero-order valence-corrected chi connectivity index (χ0v) is 12.0. The van der Waals surface area contributed by atoms with Crippen LogP contribution in [0.3, 0.4) is 0 Å². The molecule has 2 heterocycles. The number of nitrogens with zero attached hydrogens (tertiary/aromatic N) is 3. The number of hydrogen-bond acceptors (Lipinski definition) is 5. The zero-order chi connectivity index (χ0) is 15.5. The molecule has 0 atom stereocenters. The number of anilines is 1. The van der Waals surface area contributed by atoms with Gasteiger partial charge < -0.3 is 5.73 Å². The predicted octanol–water partition coefficient (Wildman–Crippen LogP) is 2.99. The molecule has 108 valence electrons. The van der Waals surface area contributed by atoms with Gasteiger partial charge in [-0.25, -0.2) is 9.97 Å². The normalized spacial score (nSPS) is 10.4. The lowest BCUT2D eigenvalue weighted by Gasteiger charge is -2.07. The third-order valence-corrected chi connectivity index (χ3v) is 3.32. The summed E-state index contributed by atoms with van der Waals surface area (Å²) in [4.78, 5) is 24.2. The highest BCUT2D eigenvalue weighted by Crippen LogP contribution is 2.24. The van der Waals surface area contributed by atoms with Crippen LogP contribution < -0.4 is 5.73 Å². The van der Waals surface area contributed by atoms with Crippen LogP contribution in [0.2, 0.25) is 0 Å². The number of ketones is 1. The largest absolute Gasteiger partial charge is 0.368 e. The Morgan fingerprint density at radius 3 is 2.50 bits per heavy atom. The van der Waals surface area contributed by atoms with Gasteiger partial charge >= 0.3 is 0 Å². The third-order valence-electron chi connectivity index (χ3n) is 3.32. The summed E-state index contributed by atoms with van der Waals surface area (Å²) in [5.74, 6) is 0.244. The topological polar surface area (TPSA) is 81.8 Å². The van der Waals surface area contributed by atoms with Crippen LogP contribution in [0.15, 0.2) is 54.9 Å². The van der Waals surface area contributed by atoms with E-state index in [0.29, 0.717) is 11.3 Å². The Labute approximate surface area is 127 Å². The SMILES string of the molecule is CC(=O)c1ccccc1-c1ccc(-c2ccnc(N)n2)cn1. The van der Waals surface area contributed by atoms with Crippen molar-refractivity contribution in [1.82, 2.24) is 15.0 Å². The van der Waals surface area contributed by atoms with Crippen molar-refractivity contribution in [2.45, 2.75) is 6.92 Å². The fraction of sp³-hybridized carbons (Fsp3) is 0.0588. The van der Waals surface area contributed by atoms with Crippen LogP contribution in [0, 0.1) is 0 Å². The summed E-state index contributed by atoms with van der Waals surface area (Å²) >= 11 is 0. The van der Waals surface area contributed by atoms with E-state index in [1.807, 2.05) is 30.3 Å². The van der Waals surface area contributed by atoms with Gasteiger partial charge in [-0.05, 0) is 25.1 Å². The number of rotatable bonds is 3. The molecule has 5 nitrogen and oxygen atoms in total. The molecule has 0 aliphatic rings. The number of nitrogen functional groups attached to an aromatic ring is 1. The molecule has 0 aliphatic carbocycles. The summed E-state index contributed by atoms with van der Waals surface area (Å²) in [6.07, 6.45) is 3.32. The van der Waals surface area contributed by atoms with Crippen molar-refractivity contribution in [3.63, 3.8) is 0 Å². The molecule has 2 aromatic heterocycles. The van der Waals surface area contributed by atoms with Crippen LogP contribution >= 0.6 is 0 Å². The fourth-order valence-corrected chi connectivity index (χ4v) is 2.25. The molecule has 0 fully saturated rings. The highest BCUT2D eigenvalue weighted by molar-refractivity contribution is 6.00. The maximum absolute atomic E-state index is 11.7. The standard InChI is InChI=1S/C17H14N4O/c1-11(22)13-4-2-3-5-14(13)16-7-6-12(10-20-16)15-8-9-19-17(18)21-15/h2-10H,1H3,(H2,18,19,21). The predicted molar refractivity (Wildman–Crippen MR) is 85.1 cm³/mol. The molecule has 3 aromatic rings. The number of carbonyl (C=O) groups excluding carboxylic acids is 1. The van der Waals surface area contributed by atoms with Crippen molar-refractivity contribution in [3.8, 4) is 22.5 Å². The van der Waals surface area contributed by atoms with E-state index in [0.717, 1.165) is 16.8 Å². The average molecular weight is 290 g/mol. The van der Waals surface area contributed by atoms with E-state index < -0.39 is 0 Å². The quantitative estimate of drug-likeness (QED) is 0.750. The smallest absolute Gasteiger partial charge is 0.220 e. The summed E-state index contributed by atoms with van der Waals surface area (Å²) in [7, 11) is 0. The van der Waals surface area contributed by atoms with E-state index in [2.05, 4.69) is 15.0 Å². The van der Waals surface area contributed by atoms with Crippen LogP contribution in [-0.2, 0) is 0 Å². The van der Waals surface area contributed by atoms with Gasteiger partial charge in [0.05, 0.1) is 11.4 Å². The first-order valence-corrected chi connectivity index (χ1v) is 6.80. The first-order chi connectivity index (χ1) is 10.6. The molecule has 0 aliphatic heterocycles. The first-order valence-electron chi connectivity index (χ1n) is 6.80. The van der Waals surface area contributed by atoms with Crippen molar-refractivity contribution >= 4 is 11.7 Å². The van der Waals surface area contributed by atoms with E-state index in [1.54, 1.807) is 31.5 Å². The Kier molecular flexibility index (Phi) is 3.62. The highest BCUT2D eigenvalue weighted by Gasteiger charge is 2.10. The van der Waals surface area contributed by atoms with Gasteiger partial charge in [0.1, 0.15) is 0 Å². The van der Waals surface area contributed by atoms with E-state index >= 15 is 0 Å². The van der Waals surface area contributed by atoms with E-state index in [1.165, 1.54) is 0 Å². The Morgan fingerprint density at radius 1 is 1.00 bits per heavy atom. The van der Waals surface area contributed by atoms with Gasteiger partial charge in [0, 0.05) is 29.1 Å². The van der Waals surface area contributed by atoms with Crippen LogP contribution in [-0.4, -0.2) is 20.7 Å². The van der Waals surface area contributed by atoms with Crippen LogP contribution in [0.1, 0.15) is 17.3 Å². The van der Waals surface area contributed by atoms with Crippen molar-refractivity contribution in [3.05, 3.63) is 60.4 Å². The van der Waals surface area contributed by atoms with Gasteiger partial charge in [-0.15, -0.1) is 0 Å². The minimum atomic E-state index is 0.0186. The van der Waals surface area contributed by atoms with Gasteiger partial charge in [0.15, 0.2) is 5.78 Å². The number of nitrogens with two attached hydrogens (primary N) is 1. The van der Waals surface area contributed by atoms with E-state index in [-0.39, 0.29) is 11.7 Å². The second kappa shape index (κ2) is 5.73. The van der Waals surface area contributed by atoms with E-state index in [4.69, 9.17) is 5.73 Å². The molecular weight excluding hydrogens is 276 g/mol. The number of Topliss-reactive ketones (excluding diaryl/α,β-unsaturated/α-hetero) is 1. The van der Waals surface area contributed by atoms with Gasteiger partial charge in [0.2, 0.25) is 5.95 Å². The summed E-state index contributed by atoms with van der Waals surface area (Å²) in [6.45, 7) is 1.55. The Morgan fingerprint density at radius 2 is 1.82 bits per heavy atom. The lowest BCUT2D eigenvalue weighted by molar-refractivity contribution is 0.101. The van der Waals surface area contributed by atoms with E-state index in [9.17, 15) is 4.79 Å². The molecular formula is C17H14N4O. The summed E-state index contributed by atoms with van der Waals surface area (Å²) in [5, 5.41) is 0. The third kappa shape index (κ3) is 2.69. The van der Waals surface area contributed by atoms with Crippen molar-refractivity contribution in [2.75, 3.05) is 5.73 Å². The summed E-state index contributed by atoms with van der Waals surface area (Å²) < 4.78 is 0. The van der Waals surface area contributed by atoms with Gasteiger partial charge in [0.25, 0.3) is 0 Å². The number of hydrogen-bond donors (Lipinski definition) is 1. The maximum atomic E-state index is 11.7. The van der Waals surface area contributed by atoms with Crippen molar-refractivity contribution in [2.24, 2.45) is 0 Å². The van der Waals surface area contributed by atoms with Gasteiger partial charge in [-0.3, -0.25) is 9.78 Å². The number of benzene rings is 1. The minimum absolute atomic E-state index is 0.0186. The molecule has 0 radical (unpaired) electrons. The monoisotopic (exact) mass is 290 g/mol. The molecule has 0 saturated heterocycles. The minimum Gasteiger partial charge on any atom is -0.368 e. The molecule has 3 rings (SSSR count). The van der Waals surface area contributed by atoms with Crippen molar-refractivity contribution in [1.29, 1.82) is 0 Å². The van der Waals surface area contributed by atoms with Gasteiger partial charge in [-0.1, -0.05) is 24.3 Å². The lowest BCUT2D eigenvalue weighted by atomic mass is 10.0. The number of carbonyl (C=O) groups is 1. The Balaban J connectivity index is 2.00. The average Bonchev–Trinajstić information content (AvgIpc) is 2.55. The van der Waals surface area contributed by atoms with Crippen molar-refractivity contribution < 1.29 is 4.79 Å². The first kappa shape index (κ1) is 13.9. The molecule has 0 amide bonds. The van der Waals surface area contributed by atoms with Crippen LogP contribution in [0.25, 0.3) is 22.5 Å². The van der Waals surface area contributed by atoms with Gasteiger partial charge in [-0.2, -0.15) is 0 Å². The second-order valence-electron chi connectivity index (χ2n) is 4.83. The molecule has 0 spiro atoms. The molecule has 1 aromatic carbocycles. The molecule has 0 bridgehead atoms. The Hall–Kier alpha value is -3.08. The maximum Gasteiger partial charge on any atom is 0.220 e. The van der Waals surface area contributed by atoms with Crippen LogP contribution in [0.4, 0.5) is 5.95 Å². The molecule has 5 heteroatoms. The molecule has 0 unspecified atom stereocenters. The molecule has 0 saturated carbocycles. The Bertz CT molecular complexity index is 828. The number of pyridine rings is 1. The zero-order valence-electron chi connectivity index (χ0n) is 12.0. The summed E-state index contributed by atoms with van der Waals surface area (Å²) in [5.41, 5.74) is 9.38. The lowest BCUT2D eigenvalue weighted by Crippen LogP contribution is -1.98.